The van der Waals surface area contributed by atoms with Crippen LogP contribution in [0.5, 0.6) is 0 Å². The molecule has 0 N–H and O–H groups in total. The quantitative estimate of drug-likeness (QED) is 0.0533. The average Bonchev–Trinajstić information content (AvgIpc) is 0.677. The first-order valence-corrected chi connectivity index (χ1v) is 45.7. The highest BCUT2D eigenvalue weighted by atomic mass is 14.8. The minimum absolute atomic E-state index is 0.167. The van der Waals surface area contributed by atoms with E-state index in [0.29, 0.717) is 11.8 Å². The van der Waals surface area contributed by atoms with Crippen molar-refractivity contribution in [3.8, 4) is 0 Å². The third kappa shape index (κ3) is 34.9. The second-order valence-electron chi connectivity index (χ2n) is 35.7. The molecule has 14 atom stereocenters. The van der Waals surface area contributed by atoms with Gasteiger partial charge in [0, 0.05) is 0 Å². The highest BCUT2D eigenvalue weighted by molar-refractivity contribution is 5.25. The van der Waals surface area contributed by atoms with E-state index in [-0.39, 0.29) is 21.7 Å². The van der Waals surface area contributed by atoms with Crippen LogP contribution >= 0.6 is 0 Å². The van der Waals surface area contributed by atoms with Crippen LogP contribution in [-0.2, 0) is 0 Å². The van der Waals surface area contributed by atoms with Gasteiger partial charge in [0.25, 0.3) is 0 Å². The summed E-state index contributed by atoms with van der Waals surface area (Å²) < 4.78 is 0. The lowest BCUT2D eigenvalue weighted by molar-refractivity contribution is -0.246. The first-order valence-electron chi connectivity index (χ1n) is 45.7. The van der Waals surface area contributed by atoms with Gasteiger partial charge in [0.1, 0.15) is 0 Å². The Balaban J connectivity index is 12.2. The van der Waals surface area contributed by atoms with E-state index in [1.54, 1.807) is 0 Å². The molecule has 0 aliphatic heterocycles. The molecule has 0 amide bonds. The molecular formula is C95H191. The van der Waals surface area contributed by atoms with Crippen LogP contribution in [0.1, 0.15) is 518 Å². The summed E-state index contributed by atoms with van der Waals surface area (Å²) in [7, 11) is 0. The summed E-state index contributed by atoms with van der Waals surface area (Å²) in [5.74, 6) is 10.7. The van der Waals surface area contributed by atoms with E-state index in [0.717, 1.165) is 53.3 Å². The molecule has 0 rings (SSSR count). The lowest BCUT2D eigenvalue weighted by Gasteiger charge is -2.74. The van der Waals surface area contributed by atoms with Crippen molar-refractivity contribution in [3.63, 3.8) is 0 Å². The molecule has 0 aromatic carbocycles. The van der Waals surface area contributed by atoms with E-state index >= 15 is 0 Å². The van der Waals surface area contributed by atoms with Crippen molar-refractivity contribution in [2.75, 3.05) is 0 Å². The Labute approximate surface area is 607 Å². The first-order chi connectivity index (χ1) is 45.9. The Bertz CT molecular complexity index is 1610. The zero-order valence-corrected chi connectivity index (χ0v) is 71.2. The van der Waals surface area contributed by atoms with Gasteiger partial charge in [-0.15, -0.1) is 0 Å². The molecule has 0 aromatic rings. The molecular weight excluding hydrogens is 1140 g/mol. The van der Waals surface area contributed by atoms with E-state index in [1.807, 2.05) is 0 Å². The van der Waals surface area contributed by atoms with Gasteiger partial charge in [-0.1, -0.05) is 454 Å². The van der Waals surface area contributed by atoms with Gasteiger partial charge in [0.2, 0.25) is 0 Å². The maximum absolute atomic E-state index is 3.13. The van der Waals surface area contributed by atoms with E-state index in [4.69, 9.17) is 0 Å². The SMILES string of the molecule is CCCCCC(CCC)C[C](CCCCC(C)C)C(CCC)(CCCC(C)CC)C(CCC(C)CCC)(CC(CCC)CCCCC)C(CC(C)CCCC)(CC(CCC)CCCCC)C(CC(CCC)CCCCC)(C(C)CCCCC)C(C)CC(CCC)CCCCC. The molecule has 0 spiro atoms. The molecule has 0 aliphatic carbocycles. The van der Waals surface area contributed by atoms with Gasteiger partial charge >= 0.3 is 0 Å². The summed E-state index contributed by atoms with van der Waals surface area (Å²) in [6.07, 6.45) is 80.9. The molecule has 0 heterocycles. The van der Waals surface area contributed by atoms with Crippen molar-refractivity contribution in [2.24, 2.45) is 86.8 Å². The van der Waals surface area contributed by atoms with Crippen LogP contribution in [0.25, 0.3) is 0 Å². The van der Waals surface area contributed by atoms with Crippen molar-refractivity contribution in [1.82, 2.24) is 0 Å². The van der Waals surface area contributed by atoms with Crippen LogP contribution in [0, 0.1) is 92.7 Å². The Kier molecular flexibility index (Phi) is 59.4. The molecule has 95 heavy (non-hydrogen) atoms. The van der Waals surface area contributed by atoms with Gasteiger partial charge in [0.15, 0.2) is 0 Å². The summed E-state index contributed by atoms with van der Waals surface area (Å²) in [6.45, 7) is 58.5. The topological polar surface area (TPSA) is 0 Å². The van der Waals surface area contributed by atoms with Crippen molar-refractivity contribution >= 4 is 0 Å². The Morgan fingerprint density at radius 1 is 0.253 bits per heavy atom. The molecule has 0 heteroatoms. The zero-order chi connectivity index (χ0) is 71.2. The third-order valence-corrected chi connectivity index (χ3v) is 26.9. The third-order valence-electron chi connectivity index (χ3n) is 26.9. The molecule has 0 saturated heterocycles. The predicted molar refractivity (Wildman–Crippen MR) is 439 cm³/mol. The molecule has 0 saturated carbocycles. The Morgan fingerprint density at radius 3 is 1.12 bits per heavy atom. The summed E-state index contributed by atoms with van der Waals surface area (Å²) >= 11 is 0. The molecule has 0 bridgehead atoms. The largest absolute Gasteiger partial charge is 0.0654 e. The molecule has 0 aliphatic rings. The Hall–Kier alpha value is 0. The zero-order valence-electron chi connectivity index (χ0n) is 71.2. The second kappa shape index (κ2) is 59.4. The van der Waals surface area contributed by atoms with Gasteiger partial charge < -0.3 is 0 Å². The maximum atomic E-state index is 3.13. The van der Waals surface area contributed by atoms with Crippen LogP contribution < -0.4 is 0 Å². The van der Waals surface area contributed by atoms with Gasteiger partial charge in [-0.05, 0) is 157 Å². The summed E-state index contributed by atoms with van der Waals surface area (Å²) in [5.41, 5.74) is 0.719. The number of hydrogen-bond donors (Lipinski definition) is 0. The highest BCUT2D eigenvalue weighted by Crippen LogP contribution is 2.79. The molecule has 0 nitrogen and oxygen atoms in total. The monoisotopic (exact) mass is 1330 g/mol. The summed E-state index contributed by atoms with van der Waals surface area (Å²) in [5, 5.41) is 0. The van der Waals surface area contributed by atoms with Gasteiger partial charge in [0.05, 0.1) is 0 Å². The summed E-state index contributed by atoms with van der Waals surface area (Å²) in [4.78, 5) is 0. The van der Waals surface area contributed by atoms with Crippen LogP contribution in [-0.4, -0.2) is 0 Å². The first kappa shape index (κ1) is 95.0. The van der Waals surface area contributed by atoms with Gasteiger partial charge in [-0.2, -0.15) is 0 Å². The number of unbranched alkanes of at least 4 members (excludes halogenated alkanes) is 14. The van der Waals surface area contributed by atoms with Crippen molar-refractivity contribution in [2.45, 2.75) is 518 Å². The minimum atomic E-state index is 0.167. The molecule has 1 radical (unpaired) electrons. The Morgan fingerprint density at radius 2 is 0.663 bits per heavy atom. The molecule has 571 valence electrons. The predicted octanol–water partition coefficient (Wildman–Crippen LogP) is 35.0. The fourth-order valence-electron chi connectivity index (χ4n) is 22.0. The number of hydrogen-bond acceptors (Lipinski definition) is 0. The minimum Gasteiger partial charge on any atom is -0.0654 e. The fraction of sp³-hybridized carbons (Fsp3) is 0.989. The van der Waals surface area contributed by atoms with E-state index in [1.165, 1.54) is 366 Å². The fourth-order valence-corrected chi connectivity index (χ4v) is 22.0. The van der Waals surface area contributed by atoms with Gasteiger partial charge in [-0.25, -0.2) is 0 Å². The smallest absolute Gasteiger partial charge is 0.0168 e. The average molecular weight is 1330 g/mol. The van der Waals surface area contributed by atoms with E-state index < -0.39 is 0 Å². The van der Waals surface area contributed by atoms with E-state index in [2.05, 4.69) is 158 Å². The van der Waals surface area contributed by atoms with Crippen molar-refractivity contribution in [3.05, 3.63) is 5.92 Å². The standard InChI is InChI=1S/C95H191/c1-23-38-45-63-84(21)95(79-90(59-35-13)68-50-43-28-6,85(22)74-86(55-31-9)64-46-39-24-2)94(76-83(20)61-44-29-7,78-89(58-34-12)67-49-42-27-5)93(73-70-82(19)54-30-8,77-88(57-33-11)66-48-41-26-4)92(71-36-14,72-53-62-81(18)37-15)91(69-52-51-60-80(16)17)75-87(56-32-10)65-47-40-25-3/h80-90H,23-79H2,1-22H3. The van der Waals surface area contributed by atoms with Crippen molar-refractivity contribution in [1.29, 1.82) is 0 Å². The van der Waals surface area contributed by atoms with Crippen LogP contribution in [0.3, 0.4) is 0 Å². The summed E-state index contributed by atoms with van der Waals surface area (Å²) in [6, 6.07) is 0. The highest BCUT2D eigenvalue weighted by Gasteiger charge is 2.71. The lowest BCUT2D eigenvalue weighted by Crippen LogP contribution is -2.67. The van der Waals surface area contributed by atoms with Crippen LogP contribution in [0.15, 0.2) is 0 Å². The van der Waals surface area contributed by atoms with E-state index in [9.17, 15) is 0 Å². The molecule has 14 unspecified atom stereocenters. The lowest BCUT2D eigenvalue weighted by atomic mass is 9.30. The van der Waals surface area contributed by atoms with Crippen LogP contribution in [0.2, 0.25) is 0 Å². The maximum Gasteiger partial charge on any atom is -0.0168 e. The van der Waals surface area contributed by atoms with Gasteiger partial charge in [-0.3, -0.25) is 0 Å². The molecule has 0 aromatic heterocycles. The van der Waals surface area contributed by atoms with Crippen LogP contribution in [0.4, 0.5) is 0 Å². The van der Waals surface area contributed by atoms with Crippen molar-refractivity contribution < 1.29 is 0 Å². The number of rotatable bonds is 72. The second-order valence-corrected chi connectivity index (χ2v) is 35.7. The molecule has 0 fully saturated rings. The normalized spacial score (nSPS) is 18.2.